The second-order valence-electron chi connectivity index (χ2n) is 7.17. The zero-order valence-electron chi connectivity index (χ0n) is 14.7. The van der Waals surface area contributed by atoms with Gasteiger partial charge in [0.15, 0.2) is 0 Å². The van der Waals surface area contributed by atoms with Crippen molar-refractivity contribution in [2.24, 2.45) is 5.92 Å². The van der Waals surface area contributed by atoms with Gasteiger partial charge in [0.2, 0.25) is 5.91 Å². The van der Waals surface area contributed by atoms with Crippen LogP contribution in [0.15, 0.2) is 48.8 Å². The summed E-state index contributed by atoms with van der Waals surface area (Å²) in [6, 6.07) is 10.0. The van der Waals surface area contributed by atoms with Crippen molar-refractivity contribution in [3.8, 4) is 0 Å². The first-order chi connectivity index (χ1) is 12.7. The van der Waals surface area contributed by atoms with Crippen molar-refractivity contribution in [3.05, 3.63) is 65.7 Å². The van der Waals surface area contributed by atoms with Crippen LogP contribution in [-0.4, -0.2) is 28.9 Å². The van der Waals surface area contributed by atoms with Crippen LogP contribution >= 0.6 is 0 Å². The van der Waals surface area contributed by atoms with Crippen molar-refractivity contribution < 1.29 is 13.9 Å². The van der Waals surface area contributed by atoms with Crippen LogP contribution in [0.2, 0.25) is 0 Å². The molecule has 2 aromatic rings. The number of carbonyl (C=O) groups is 1. The fraction of sp³-hybridized carbons (Fsp3) is 0.429. The van der Waals surface area contributed by atoms with Crippen molar-refractivity contribution in [1.29, 1.82) is 0 Å². The van der Waals surface area contributed by atoms with Gasteiger partial charge in [-0.25, -0.2) is 4.39 Å². The van der Waals surface area contributed by atoms with Crippen molar-refractivity contribution in [2.45, 2.75) is 37.8 Å². The number of nitrogens with zero attached hydrogens (tertiary/aromatic N) is 2. The fourth-order valence-corrected chi connectivity index (χ4v) is 3.58. The third kappa shape index (κ3) is 3.78. The van der Waals surface area contributed by atoms with E-state index in [0.717, 1.165) is 17.5 Å². The number of benzene rings is 1. The summed E-state index contributed by atoms with van der Waals surface area (Å²) in [5.74, 6) is 0.465. The summed E-state index contributed by atoms with van der Waals surface area (Å²) in [6.45, 7) is 1.38. The number of hydrogen-bond donors (Lipinski definition) is 0. The summed E-state index contributed by atoms with van der Waals surface area (Å²) in [7, 11) is 0. The summed E-state index contributed by atoms with van der Waals surface area (Å²) in [5, 5.41) is 0. The summed E-state index contributed by atoms with van der Waals surface area (Å²) in [5.41, 5.74) is 1.84. The van der Waals surface area contributed by atoms with Crippen LogP contribution in [0.4, 0.5) is 4.39 Å². The Kier molecular flexibility index (Phi) is 4.98. The average molecular weight is 354 g/mol. The van der Waals surface area contributed by atoms with Gasteiger partial charge in [0.25, 0.3) is 0 Å². The standard InChI is InChI=1S/C21H23FN2O2/c22-18-9-7-16(8-10-18)21(26-14-15-5-6-15)20(17-3-1-11-23-13-17)24-12-2-4-19(24)25/h1,3,7-11,13,15,20-21H,2,4-6,12,14H2/t20-,21+/m0/s1. The molecular weight excluding hydrogens is 331 g/mol. The predicted octanol–water partition coefficient (Wildman–Crippen LogP) is 4.05. The van der Waals surface area contributed by atoms with Crippen LogP contribution in [0.25, 0.3) is 0 Å². The lowest BCUT2D eigenvalue weighted by Gasteiger charge is -2.35. The number of ether oxygens (including phenoxy) is 1. The second-order valence-corrected chi connectivity index (χ2v) is 7.17. The molecule has 2 fully saturated rings. The molecule has 0 bridgehead atoms. The molecule has 0 spiro atoms. The molecule has 1 amide bonds. The van der Waals surface area contributed by atoms with Crippen molar-refractivity contribution in [1.82, 2.24) is 9.88 Å². The Morgan fingerprint density at radius 3 is 2.62 bits per heavy atom. The number of halogens is 1. The molecule has 1 aromatic carbocycles. The second kappa shape index (κ2) is 7.54. The number of aromatic nitrogens is 1. The van der Waals surface area contributed by atoms with Gasteiger partial charge in [-0.3, -0.25) is 9.78 Å². The molecule has 4 nitrogen and oxygen atoms in total. The molecular formula is C21H23FN2O2. The number of carbonyl (C=O) groups excluding carboxylic acids is 1. The quantitative estimate of drug-likeness (QED) is 0.753. The Bertz CT molecular complexity index is 746. The molecule has 1 aromatic heterocycles. The average Bonchev–Trinajstić information content (AvgIpc) is 3.41. The third-order valence-corrected chi connectivity index (χ3v) is 5.17. The first-order valence-electron chi connectivity index (χ1n) is 9.29. The Labute approximate surface area is 153 Å². The topological polar surface area (TPSA) is 42.4 Å². The molecule has 1 saturated heterocycles. The molecule has 1 aliphatic heterocycles. The van der Waals surface area contributed by atoms with Crippen molar-refractivity contribution in [2.75, 3.05) is 13.2 Å². The lowest BCUT2D eigenvalue weighted by Crippen LogP contribution is -2.35. The molecule has 2 aliphatic rings. The van der Waals surface area contributed by atoms with E-state index in [2.05, 4.69) is 4.98 Å². The lowest BCUT2D eigenvalue weighted by atomic mass is 9.95. The monoisotopic (exact) mass is 354 g/mol. The highest BCUT2D eigenvalue weighted by Gasteiger charge is 2.37. The lowest BCUT2D eigenvalue weighted by molar-refractivity contribution is -0.133. The molecule has 0 N–H and O–H groups in total. The fourth-order valence-electron chi connectivity index (χ4n) is 3.58. The molecule has 0 radical (unpaired) electrons. The van der Waals surface area contributed by atoms with Gasteiger partial charge in [-0.2, -0.15) is 0 Å². The Morgan fingerprint density at radius 1 is 1.19 bits per heavy atom. The highest BCUT2D eigenvalue weighted by atomic mass is 19.1. The zero-order chi connectivity index (χ0) is 17.9. The van der Waals surface area contributed by atoms with Gasteiger partial charge < -0.3 is 9.64 Å². The van der Waals surface area contributed by atoms with Gasteiger partial charge in [0, 0.05) is 25.4 Å². The van der Waals surface area contributed by atoms with Crippen LogP contribution < -0.4 is 0 Å². The van der Waals surface area contributed by atoms with E-state index in [9.17, 15) is 9.18 Å². The maximum atomic E-state index is 13.4. The molecule has 5 heteroatoms. The summed E-state index contributed by atoms with van der Waals surface area (Å²) >= 11 is 0. The smallest absolute Gasteiger partial charge is 0.223 e. The number of amides is 1. The number of likely N-dealkylation sites (tertiary alicyclic amines) is 1. The molecule has 1 saturated carbocycles. The van der Waals surface area contributed by atoms with Crippen LogP contribution in [0, 0.1) is 11.7 Å². The summed E-state index contributed by atoms with van der Waals surface area (Å²) in [6.07, 6.45) is 7.00. The Hall–Kier alpha value is -2.27. The van der Waals surface area contributed by atoms with Crippen LogP contribution in [0.1, 0.15) is 49.0 Å². The zero-order valence-corrected chi connectivity index (χ0v) is 14.7. The Morgan fingerprint density at radius 2 is 2.00 bits per heavy atom. The predicted molar refractivity (Wildman–Crippen MR) is 95.7 cm³/mol. The first-order valence-corrected chi connectivity index (χ1v) is 9.29. The normalized spacial score (nSPS) is 19.6. The molecule has 26 heavy (non-hydrogen) atoms. The van der Waals surface area contributed by atoms with E-state index >= 15 is 0 Å². The maximum Gasteiger partial charge on any atom is 0.223 e. The minimum Gasteiger partial charge on any atom is -0.371 e. The van der Waals surface area contributed by atoms with E-state index in [1.54, 1.807) is 24.5 Å². The molecule has 2 atom stereocenters. The first kappa shape index (κ1) is 17.2. The number of rotatable bonds is 7. The molecule has 2 heterocycles. The molecule has 0 unspecified atom stereocenters. The van der Waals surface area contributed by atoms with E-state index in [0.29, 0.717) is 25.5 Å². The van der Waals surface area contributed by atoms with Gasteiger partial charge >= 0.3 is 0 Å². The maximum absolute atomic E-state index is 13.4. The third-order valence-electron chi connectivity index (χ3n) is 5.17. The Balaban J connectivity index is 1.71. The van der Waals surface area contributed by atoms with E-state index < -0.39 is 0 Å². The SMILES string of the molecule is O=C1CCCN1[C@@H](c1cccnc1)[C@H](OCC1CC1)c1ccc(F)cc1. The number of pyridine rings is 1. The minimum absolute atomic E-state index is 0.140. The van der Waals surface area contributed by atoms with Gasteiger partial charge in [-0.05, 0) is 54.5 Å². The van der Waals surface area contributed by atoms with Gasteiger partial charge in [-0.15, -0.1) is 0 Å². The van der Waals surface area contributed by atoms with Gasteiger partial charge in [0.1, 0.15) is 11.9 Å². The highest BCUT2D eigenvalue weighted by molar-refractivity contribution is 5.78. The van der Waals surface area contributed by atoms with Gasteiger partial charge in [-0.1, -0.05) is 18.2 Å². The largest absolute Gasteiger partial charge is 0.371 e. The summed E-state index contributed by atoms with van der Waals surface area (Å²) < 4.78 is 19.8. The van der Waals surface area contributed by atoms with Crippen molar-refractivity contribution in [3.63, 3.8) is 0 Å². The van der Waals surface area contributed by atoms with Crippen molar-refractivity contribution >= 4 is 5.91 Å². The van der Waals surface area contributed by atoms with E-state index in [1.807, 2.05) is 17.0 Å². The molecule has 136 valence electrons. The van der Waals surface area contributed by atoms with Gasteiger partial charge in [0.05, 0.1) is 12.6 Å². The van der Waals surface area contributed by atoms with E-state index in [4.69, 9.17) is 4.74 Å². The van der Waals surface area contributed by atoms with Crippen LogP contribution in [0.3, 0.4) is 0 Å². The molecule has 4 rings (SSSR count). The molecule has 1 aliphatic carbocycles. The van der Waals surface area contributed by atoms with E-state index in [1.165, 1.54) is 25.0 Å². The van der Waals surface area contributed by atoms with E-state index in [-0.39, 0.29) is 23.9 Å². The minimum atomic E-state index is -0.331. The highest BCUT2D eigenvalue weighted by Crippen LogP contribution is 2.41. The summed E-state index contributed by atoms with van der Waals surface area (Å²) in [4.78, 5) is 18.7. The van der Waals surface area contributed by atoms with Crippen LogP contribution in [-0.2, 0) is 9.53 Å². The number of hydrogen-bond acceptors (Lipinski definition) is 3. The van der Waals surface area contributed by atoms with Crippen LogP contribution in [0.5, 0.6) is 0 Å².